The van der Waals surface area contributed by atoms with Crippen LogP contribution < -0.4 is 39.4 Å². The molecule has 1 heterocycles. The molecule has 0 aliphatic rings. The molecule has 6 heteroatoms. The number of furan rings is 1. The summed E-state index contributed by atoms with van der Waals surface area (Å²) in [5.41, 5.74) is 3.81. The molecule has 0 N–H and O–H groups in total. The summed E-state index contributed by atoms with van der Waals surface area (Å²) >= 11 is 0. The zero-order valence-electron chi connectivity index (χ0n) is 21.0. The Morgan fingerprint density at radius 1 is 0.865 bits per heavy atom. The van der Waals surface area contributed by atoms with Gasteiger partial charge in [0.25, 0.3) is 0 Å². The number of carbonyl (C=O) groups is 2. The van der Waals surface area contributed by atoms with Crippen LogP contribution in [-0.4, -0.2) is 18.4 Å². The largest absolute Gasteiger partial charge is 1.00 e. The summed E-state index contributed by atoms with van der Waals surface area (Å²) in [6.45, 7) is 1.53. The molecule has 0 unspecified atom stereocenters. The number of hydrogen-bond acceptors (Lipinski definition) is 5. The van der Waals surface area contributed by atoms with E-state index in [9.17, 15) is 14.7 Å². The number of unbranched alkanes of at least 4 members (excludes halogenated alkanes) is 1. The van der Waals surface area contributed by atoms with E-state index < -0.39 is 12.6 Å². The van der Waals surface area contributed by atoms with Crippen LogP contribution in [0.15, 0.2) is 89.3 Å². The van der Waals surface area contributed by atoms with Crippen LogP contribution in [-0.2, 0) is 4.79 Å². The third-order valence-electron chi connectivity index (χ3n) is 6.28. The minimum absolute atomic E-state index is 0. The van der Waals surface area contributed by atoms with E-state index in [1.165, 1.54) is 0 Å². The second kappa shape index (κ2) is 11.8. The number of rotatable bonds is 9. The van der Waals surface area contributed by atoms with Gasteiger partial charge in [0.1, 0.15) is 23.7 Å². The molecule has 0 radical (unpaired) electrons. The number of ether oxygens (including phenoxy) is 1. The first kappa shape index (κ1) is 26.7. The first-order valence-corrected chi connectivity index (χ1v) is 12.1. The molecule has 5 rings (SSSR count). The summed E-state index contributed by atoms with van der Waals surface area (Å²) < 4.78 is 11.8. The monoisotopic (exact) mass is 500 g/mol. The summed E-state index contributed by atoms with van der Waals surface area (Å²) in [4.78, 5) is 24.3. The van der Waals surface area contributed by atoms with Gasteiger partial charge in [-0.05, 0) is 41.0 Å². The van der Waals surface area contributed by atoms with Gasteiger partial charge in [-0.15, -0.1) is 0 Å². The maximum absolute atomic E-state index is 13.2. The van der Waals surface area contributed by atoms with Gasteiger partial charge in [0, 0.05) is 22.9 Å². The Labute approximate surface area is 237 Å². The normalized spacial score (nSPS) is 10.8. The predicted octanol–water partition coefficient (Wildman–Crippen LogP) is 3.43. The van der Waals surface area contributed by atoms with E-state index in [-0.39, 0.29) is 35.3 Å². The topological polar surface area (TPSA) is 79.6 Å². The van der Waals surface area contributed by atoms with E-state index in [1.807, 2.05) is 78.9 Å². The van der Waals surface area contributed by atoms with Crippen molar-refractivity contribution in [1.82, 2.24) is 0 Å². The Kier molecular flexibility index (Phi) is 8.49. The van der Waals surface area contributed by atoms with Crippen LogP contribution in [0.3, 0.4) is 0 Å². The van der Waals surface area contributed by atoms with Crippen molar-refractivity contribution < 1.29 is 53.4 Å². The number of carboxylic acid groups (broad SMARTS) is 1. The number of benzene rings is 4. The summed E-state index contributed by atoms with van der Waals surface area (Å²) in [5.74, 6) is -0.176. The Balaban J connectivity index is 0.00000320. The van der Waals surface area contributed by atoms with Crippen molar-refractivity contribution >= 4 is 33.5 Å². The quantitative estimate of drug-likeness (QED) is 0.229. The molecule has 5 nitrogen and oxygen atoms in total. The van der Waals surface area contributed by atoms with E-state index in [0.717, 1.165) is 45.7 Å². The van der Waals surface area contributed by atoms with Crippen LogP contribution >= 0.6 is 0 Å². The number of hydrogen-bond donors (Lipinski definition) is 0. The second-order valence-electron chi connectivity index (χ2n) is 8.73. The van der Waals surface area contributed by atoms with Gasteiger partial charge in [0.05, 0.1) is 11.5 Å². The van der Waals surface area contributed by atoms with Gasteiger partial charge >= 0.3 is 29.6 Å². The van der Waals surface area contributed by atoms with Crippen LogP contribution in [0.25, 0.3) is 44.2 Å². The Hall–Kier alpha value is -3.38. The van der Waals surface area contributed by atoms with Crippen molar-refractivity contribution in [2.45, 2.75) is 26.2 Å². The van der Waals surface area contributed by atoms with Gasteiger partial charge in [0.2, 0.25) is 0 Å². The van der Waals surface area contributed by atoms with Gasteiger partial charge in [-0.3, -0.25) is 4.79 Å². The molecular formula is C31H25NaO5. The van der Waals surface area contributed by atoms with Gasteiger partial charge < -0.3 is 19.1 Å². The molecular weight excluding hydrogens is 475 g/mol. The minimum atomic E-state index is -1.28. The van der Waals surface area contributed by atoms with E-state index in [1.54, 1.807) is 6.07 Å². The summed E-state index contributed by atoms with van der Waals surface area (Å²) in [6.07, 6.45) is 2.24. The molecule has 1 aromatic heterocycles. The summed E-state index contributed by atoms with van der Waals surface area (Å²) in [5, 5.41) is 13.7. The van der Waals surface area contributed by atoms with Crippen LogP contribution in [0.5, 0.6) is 5.75 Å². The average Bonchev–Trinajstić information content (AvgIpc) is 3.30. The molecule has 4 aromatic carbocycles. The van der Waals surface area contributed by atoms with Gasteiger partial charge in [0.15, 0.2) is 5.78 Å². The smallest absolute Gasteiger partial charge is 0.546 e. The van der Waals surface area contributed by atoms with Gasteiger partial charge in [-0.25, -0.2) is 0 Å². The Bertz CT molecular complexity index is 1570. The third kappa shape index (κ3) is 5.49. The van der Waals surface area contributed by atoms with Crippen molar-refractivity contribution in [3.8, 4) is 28.2 Å². The average molecular weight is 501 g/mol. The number of para-hydroxylation sites is 1. The standard InChI is InChI=1S/C31H26O5.Na/c1-2-3-12-25(32)30-24-11-7-8-13-26(24)36-31(30)22-14-16-23-21(18-22)15-17-27(35-19-28(33)34)29(23)20-9-5-4-6-10-20;/h4-11,13-18H,2-3,12,19H2,1H3,(H,33,34);/q;+1/p-1. The zero-order valence-corrected chi connectivity index (χ0v) is 23.0. The SMILES string of the molecule is CCCCC(=O)c1c(-c2ccc3c(-c4ccccc4)c(OCC(=O)[O-])ccc3c2)oc2ccccc12.[Na+]. The number of aliphatic carboxylic acids is 1. The maximum Gasteiger partial charge on any atom is 1.00 e. The number of ketones is 1. The van der Waals surface area contributed by atoms with Crippen molar-refractivity contribution in [1.29, 1.82) is 0 Å². The van der Waals surface area contributed by atoms with Crippen molar-refractivity contribution in [3.63, 3.8) is 0 Å². The molecule has 0 saturated heterocycles. The first-order chi connectivity index (χ1) is 17.6. The second-order valence-corrected chi connectivity index (χ2v) is 8.73. The predicted molar refractivity (Wildman–Crippen MR) is 139 cm³/mol. The fourth-order valence-electron chi connectivity index (χ4n) is 4.60. The third-order valence-corrected chi connectivity index (χ3v) is 6.28. The maximum atomic E-state index is 13.2. The number of fused-ring (bicyclic) bond motifs is 2. The van der Waals surface area contributed by atoms with Crippen LogP contribution in [0, 0.1) is 0 Å². The molecule has 0 fully saturated rings. The molecule has 0 saturated carbocycles. The number of Topliss-reactive ketones (excluding diaryl/α,β-unsaturated/α-hetero) is 1. The molecule has 0 aliphatic carbocycles. The van der Waals surface area contributed by atoms with E-state index in [2.05, 4.69) is 6.92 Å². The molecule has 0 aliphatic heterocycles. The van der Waals surface area contributed by atoms with Crippen LogP contribution in [0.4, 0.5) is 0 Å². The van der Waals surface area contributed by atoms with Gasteiger partial charge in [-0.2, -0.15) is 0 Å². The minimum Gasteiger partial charge on any atom is -0.546 e. The fraction of sp³-hybridized carbons (Fsp3) is 0.161. The van der Waals surface area contributed by atoms with Crippen molar-refractivity contribution in [3.05, 3.63) is 90.5 Å². The number of carbonyl (C=O) groups excluding carboxylic acids is 2. The van der Waals surface area contributed by atoms with Crippen LogP contribution in [0.2, 0.25) is 0 Å². The van der Waals surface area contributed by atoms with Gasteiger partial charge in [-0.1, -0.05) is 80.1 Å². The molecule has 180 valence electrons. The fourth-order valence-corrected chi connectivity index (χ4v) is 4.60. The summed E-state index contributed by atoms with van der Waals surface area (Å²) in [7, 11) is 0. The molecule has 0 bridgehead atoms. The van der Waals surface area contributed by atoms with Crippen molar-refractivity contribution in [2.75, 3.05) is 6.61 Å². The molecule has 0 amide bonds. The van der Waals surface area contributed by atoms with Crippen molar-refractivity contribution in [2.24, 2.45) is 0 Å². The zero-order chi connectivity index (χ0) is 25.1. The molecule has 37 heavy (non-hydrogen) atoms. The van der Waals surface area contributed by atoms with E-state index in [0.29, 0.717) is 29.1 Å². The molecule has 0 spiro atoms. The molecule has 5 aromatic rings. The number of carboxylic acids is 1. The first-order valence-electron chi connectivity index (χ1n) is 12.1. The molecule has 0 atom stereocenters. The van der Waals surface area contributed by atoms with Crippen LogP contribution in [0.1, 0.15) is 36.5 Å². The Morgan fingerprint density at radius 3 is 2.38 bits per heavy atom. The van der Waals surface area contributed by atoms with E-state index >= 15 is 0 Å². The summed E-state index contributed by atoms with van der Waals surface area (Å²) in [6, 6.07) is 26.9. The van der Waals surface area contributed by atoms with E-state index in [4.69, 9.17) is 9.15 Å². The Morgan fingerprint density at radius 2 is 1.62 bits per heavy atom.